The highest BCUT2D eigenvalue weighted by Crippen LogP contribution is 2.33. The molecule has 7 nitrogen and oxygen atoms in total. The van der Waals surface area contributed by atoms with E-state index in [9.17, 15) is 19.6 Å². The summed E-state index contributed by atoms with van der Waals surface area (Å²) in [6.45, 7) is 5.22. The molecule has 2 N–H and O–H groups in total. The highest BCUT2D eigenvalue weighted by atomic mass is 19.1. The normalized spacial score (nSPS) is 20.3. The van der Waals surface area contributed by atoms with Crippen LogP contribution in [0.5, 0.6) is 11.6 Å². The largest absolute Gasteiger partial charge is 0.495 e. The molecular weight excluding hydrogens is 413 g/mol. The summed E-state index contributed by atoms with van der Waals surface area (Å²) in [5.41, 5.74) is -0.332. The molecule has 1 aliphatic rings. The zero-order chi connectivity index (χ0) is 23.5. The third-order valence-corrected chi connectivity index (χ3v) is 5.40. The predicted octanol–water partition coefficient (Wildman–Crippen LogP) is 2.87. The van der Waals surface area contributed by atoms with Crippen LogP contribution in [-0.2, 0) is 4.79 Å². The Hall–Kier alpha value is -3.36. The second-order valence-corrected chi connectivity index (χ2v) is 8.22. The lowest BCUT2D eigenvalue weighted by Gasteiger charge is -2.18. The first-order valence-electron chi connectivity index (χ1n) is 10.4. The minimum atomic E-state index is -1.49. The van der Waals surface area contributed by atoms with Crippen LogP contribution in [0.1, 0.15) is 44.7 Å². The van der Waals surface area contributed by atoms with E-state index in [1.807, 2.05) is 6.92 Å². The molecule has 0 saturated carbocycles. The standard InChI is InChI=1S/C24H26FN3O4/c1-5-16-19(28-22(29)21(16)25)7-9-32-23-18-11-20(31-4)15(12-26)10-17(18)14(13-27-23)6-8-24(2,3)30/h10-11,13,16,19,21,30H,5,7,9H2,1-4H3,(H,28,29)/t16-,19+,21-/m0/s1. The number of carbonyl (C=O) groups excluding carboxylic acids is 1. The summed E-state index contributed by atoms with van der Waals surface area (Å²) >= 11 is 0. The average molecular weight is 439 g/mol. The third-order valence-electron chi connectivity index (χ3n) is 5.40. The first-order valence-corrected chi connectivity index (χ1v) is 10.4. The average Bonchev–Trinajstić information content (AvgIpc) is 3.03. The van der Waals surface area contributed by atoms with Crippen molar-refractivity contribution < 1.29 is 23.8 Å². The van der Waals surface area contributed by atoms with Crippen LogP contribution in [0.4, 0.5) is 4.39 Å². The number of methoxy groups -OCH3 is 1. The molecule has 0 spiro atoms. The molecule has 0 bridgehead atoms. The van der Waals surface area contributed by atoms with Crippen LogP contribution in [0, 0.1) is 29.1 Å². The first-order chi connectivity index (χ1) is 15.2. The number of amides is 1. The van der Waals surface area contributed by atoms with Crippen molar-refractivity contribution in [3.63, 3.8) is 0 Å². The SMILES string of the molecule is CC[C@@H]1[C@H](F)C(=O)N[C@@H]1CCOc1ncc(C#CC(C)(C)O)c2cc(C#N)c(OC)cc12. The fourth-order valence-corrected chi connectivity index (χ4v) is 3.76. The summed E-state index contributed by atoms with van der Waals surface area (Å²) < 4.78 is 25.2. The Morgan fingerprint density at radius 2 is 2.06 bits per heavy atom. The second kappa shape index (κ2) is 9.42. The minimum absolute atomic E-state index is 0.216. The van der Waals surface area contributed by atoms with Crippen molar-refractivity contribution in [2.45, 2.75) is 51.4 Å². The van der Waals surface area contributed by atoms with Gasteiger partial charge in [-0.05, 0) is 32.4 Å². The number of halogens is 1. The topological polar surface area (TPSA) is 104 Å². The lowest BCUT2D eigenvalue weighted by Crippen LogP contribution is -2.30. The summed E-state index contributed by atoms with van der Waals surface area (Å²) in [5, 5.41) is 23.3. The molecule has 168 valence electrons. The van der Waals surface area contributed by atoms with Crippen molar-refractivity contribution in [1.82, 2.24) is 10.3 Å². The lowest BCUT2D eigenvalue weighted by molar-refractivity contribution is -0.123. The van der Waals surface area contributed by atoms with Crippen LogP contribution in [-0.4, -0.2) is 47.5 Å². The van der Waals surface area contributed by atoms with Gasteiger partial charge in [0, 0.05) is 35.3 Å². The summed E-state index contributed by atoms with van der Waals surface area (Å²) in [4.78, 5) is 16.0. The molecule has 32 heavy (non-hydrogen) atoms. The zero-order valence-corrected chi connectivity index (χ0v) is 18.5. The molecule has 1 aromatic carbocycles. The fraction of sp³-hybridized carbons (Fsp3) is 0.458. The highest BCUT2D eigenvalue weighted by molar-refractivity contribution is 5.94. The van der Waals surface area contributed by atoms with E-state index in [0.717, 1.165) is 0 Å². The highest BCUT2D eigenvalue weighted by Gasteiger charge is 2.41. The number of pyridine rings is 1. The molecule has 1 saturated heterocycles. The Morgan fingerprint density at radius 1 is 1.31 bits per heavy atom. The van der Waals surface area contributed by atoms with Gasteiger partial charge in [0.2, 0.25) is 5.88 Å². The molecular formula is C24H26FN3O4. The van der Waals surface area contributed by atoms with Crippen molar-refractivity contribution in [3.8, 4) is 29.5 Å². The summed E-state index contributed by atoms with van der Waals surface area (Å²) in [7, 11) is 1.47. The number of benzene rings is 1. The van der Waals surface area contributed by atoms with Crippen molar-refractivity contribution in [2.24, 2.45) is 5.92 Å². The van der Waals surface area contributed by atoms with E-state index in [4.69, 9.17) is 9.47 Å². The maximum atomic E-state index is 14.0. The van der Waals surface area contributed by atoms with Gasteiger partial charge in [-0.3, -0.25) is 4.79 Å². The summed E-state index contributed by atoms with van der Waals surface area (Å²) in [5.74, 6) is 5.38. The number of aliphatic hydroxyl groups is 1. The minimum Gasteiger partial charge on any atom is -0.495 e. The van der Waals surface area contributed by atoms with E-state index in [1.165, 1.54) is 13.3 Å². The van der Waals surface area contributed by atoms with Gasteiger partial charge in [-0.15, -0.1) is 0 Å². The van der Waals surface area contributed by atoms with Gasteiger partial charge in [-0.2, -0.15) is 5.26 Å². The van der Waals surface area contributed by atoms with Crippen LogP contribution in [0.15, 0.2) is 18.3 Å². The zero-order valence-electron chi connectivity index (χ0n) is 18.5. The molecule has 1 fully saturated rings. The fourth-order valence-electron chi connectivity index (χ4n) is 3.76. The van der Waals surface area contributed by atoms with E-state index in [-0.39, 0.29) is 18.6 Å². The quantitative estimate of drug-likeness (QED) is 0.671. The molecule has 0 unspecified atom stereocenters. The number of nitrogens with one attached hydrogen (secondary N) is 1. The van der Waals surface area contributed by atoms with Crippen LogP contribution >= 0.6 is 0 Å². The Labute approximate surface area is 186 Å². The number of rotatable bonds is 6. The van der Waals surface area contributed by atoms with Gasteiger partial charge < -0.3 is 19.9 Å². The third kappa shape index (κ3) is 4.92. The number of hydrogen-bond donors (Lipinski definition) is 2. The van der Waals surface area contributed by atoms with Gasteiger partial charge in [0.05, 0.1) is 24.8 Å². The number of fused-ring (bicyclic) bond motifs is 1. The number of nitrogens with zero attached hydrogens (tertiary/aromatic N) is 2. The molecule has 1 amide bonds. The van der Waals surface area contributed by atoms with Gasteiger partial charge in [-0.1, -0.05) is 18.8 Å². The number of alkyl halides is 1. The number of aromatic nitrogens is 1. The first kappa shape index (κ1) is 23.3. The Balaban J connectivity index is 1.92. The molecule has 2 heterocycles. The molecule has 2 aromatic rings. The maximum Gasteiger partial charge on any atom is 0.255 e. The molecule has 1 aliphatic heterocycles. The van der Waals surface area contributed by atoms with Crippen LogP contribution in [0.2, 0.25) is 0 Å². The van der Waals surface area contributed by atoms with Crippen molar-refractivity contribution in [3.05, 3.63) is 29.5 Å². The van der Waals surface area contributed by atoms with E-state index in [1.54, 1.807) is 26.0 Å². The molecule has 8 heteroatoms. The van der Waals surface area contributed by atoms with Gasteiger partial charge in [0.25, 0.3) is 5.91 Å². The van der Waals surface area contributed by atoms with E-state index in [2.05, 4.69) is 28.2 Å². The van der Waals surface area contributed by atoms with Crippen molar-refractivity contribution in [2.75, 3.05) is 13.7 Å². The molecule has 0 aliphatic carbocycles. The maximum absolute atomic E-state index is 14.0. The Kier molecular flexibility index (Phi) is 6.86. The molecule has 1 aromatic heterocycles. The molecule has 3 rings (SSSR count). The summed E-state index contributed by atoms with van der Waals surface area (Å²) in [6, 6.07) is 5.11. The van der Waals surface area contributed by atoms with E-state index in [0.29, 0.717) is 46.4 Å². The van der Waals surface area contributed by atoms with Gasteiger partial charge in [0.15, 0.2) is 6.17 Å². The second-order valence-electron chi connectivity index (χ2n) is 8.22. The van der Waals surface area contributed by atoms with Crippen LogP contribution < -0.4 is 14.8 Å². The van der Waals surface area contributed by atoms with Crippen LogP contribution in [0.3, 0.4) is 0 Å². The Bertz CT molecular complexity index is 1120. The number of ether oxygens (including phenoxy) is 2. The van der Waals surface area contributed by atoms with Crippen molar-refractivity contribution in [1.29, 1.82) is 5.26 Å². The molecule has 3 atom stereocenters. The smallest absolute Gasteiger partial charge is 0.255 e. The van der Waals surface area contributed by atoms with Crippen LogP contribution in [0.25, 0.3) is 10.8 Å². The van der Waals surface area contributed by atoms with Gasteiger partial charge in [-0.25, -0.2) is 9.37 Å². The summed E-state index contributed by atoms with van der Waals surface area (Å²) in [6.07, 6.45) is 1.01. The van der Waals surface area contributed by atoms with Gasteiger partial charge in [0.1, 0.15) is 17.4 Å². The lowest BCUT2D eigenvalue weighted by atomic mass is 9.94. The monoisotopic (exact) mass is 439 g/mol. The van der Waals surface area contributed by atoms with E-state index >= 15 is 0 Å². The number of hydrogen-bond acceptors (Lipinski definition) is 6. The molecule has 0 radical (unpaired) electrons. The van der Waals surface area contributed by atoms with Crippen molar-refractivity contribution >= 4 is 16.7 Å². The van der Waals surface area contributed by atoms with Gasteiger partial charge >= 0.3 is 0 Å². The van der Waals surface area contributed by atoms with E-state index < -0.39 is 17.7 Å². The Morgan fingerprint density at radius 3 is 2.69 bits per heavy atom. The number of carbonyl (C=O) groups is 1. The predicted molar refractivity (Wildman–Crippen MR) is 117 cm³/mol. The number of nitriles is 1.